The standard InChI is InChI=1S/C33H35N/c1-22(2)19-26(6)32-18-17-28-11-8-10-27(33(28)34-32)15-13-24(4)31-21-30(16-14-25(31)5)29-12-7-9-23(3)20-29/h7-12,14,16-18,20-22H,4,6,13,15,19H2,1-3,5H3. The van der Waals surface area contributed by atoms with Crippen molar-refractivity contribution in [3.05, 3.63) is 114 Å². The number of nitrogens with zero attached hydrogens (tertiary/aromatic N) is 1. The molecule has 1 nitrogen and oxygen atoms in total. The number of aryl methyl sites for hydroxylation is 3. The van der Waals surface area contributed by atoms with Crippen LogP contribution in [0.1, 0.15) is 54.6 Å². The van der Waals surface area contributed by atoms with Crippen molar-refractivity contribution in [2.75, 3.05) is 0 Å². The minimum absolute atomic E-state index is 0.572. The Morgan fingerprint density at radius 3 is 2.35 bits per heavy atom. The Hall–Kier alpha value is -3.45. The van der Waals surface area contributed by atoms with Crippen LogP contribution in [0, 0.1) is 19.8 Å². The van der Waals surface area contributed by atoms with Gasteiger partial charge < -0.3 is 0 Å². The van der Waals surface area contributed by atoms with E-state index in [-0.39, 0.29) is 0 Å². The summed E-state index contributed by atoms with van der Waals surface area (Å²) in [6.07, 6.45) is 2.78. The molecule has 1 aromatic heterocycles. The zero-order chi connectivity index (χ0) is 24.2. The zero-order valence-corrected chi connectivity index (χ0v) is 21.0. The Bertz CT molecular complexity index is 1360. The van der Waals surface area contributed by atoms with Gasteiger partial charge in [-0.25, -0.2) is 4.98 Å². The molecule has 0 spiro atoms. The minimum Gasteiger partial charge on any atom is -0.248 e. The molecule has 1 heterocycles. The molecule has 172 valence electrons. The van der Waals surface area contributed by atoms with E-state index in [1.54, 1.807) is 0 Å². The summed E-state index contributed by atoms with van der Waals surface area (Å²) in [5.41, 5.74) is 11.9. The van der Waals surface area contributed by atoms with Gasteiger partial charge in [0, 0.05) is 5.39 Å². The average molecular weight is 446 g/mol. The van der Waals surface area contributed by atoms with Gasteiger partial charge in [-0.3, -0.25) is 0 Å². The van der Waals surface area contributed by atoms with Crippen molar-refractivity contribution < 1.29 is 0 Å². The van der Waals surface area contributed by atoms with Crippen LogP contribution < -0.4 is 0 Å². The van der Waals surface area contributed by atoms with Crippen molar-refractivity contribution in [3.63, 3.8) is 0 Å². The first-order valence-electron chi connectivity index (χ1n) is 12.2. The van der Waals surface area contributed by atoms with E-state index >= 15 is 0 Å². The van der Waals surface area contributed by atoms with Crippen LogP contribution >= 0.6 is 0 Å². The van der Waals surface area contributed by atoms with Gasteiger partial charge in [0.1, 0.15) is 0 Å². The molecule has 0 saturated heterocycles. The maximum absolute atomic E-state index is 5.03. The van der Waals surface area contributed by atoms with Gasteiger partial charge in [0.2, 0.25) is 0 Å². The summed E-state index contributed by atoms with van der Waals surface area (Å²) < 4.78 is 0. The van der Waals surface area contributed by atoms with Crippen molar-refractivity contribution in [1.29, 1.82) is 0 Å². The summed E-state index contributed by atoms with van der Waals surface area (Å²) in [7, 11) is 0. The first kappa shape index (κ1) is 23.7. The zero-order valence-electron chi connectivity index (χ0n) is 21.0. The van der Waals surface area contributed by atoms with Crippen molar-refractivity contribution >= 4 is 22.0 Å². The molecule has 0 amide bonds. The molecule has 0 aliphatic rings. The predicted molar refractivity (Wildman–Crippen MR) is 149 cm³/mol. The third-order valence-corrected chi connectivity index (χ3v) is 6.49. The van der Waals surface area contributed by atoms with Crippen molar-refractivity contribution in [2.45, 2.75) is 47.0 Å². The predicted octanol–water partition coefficient (Wildman–Crippen LogP) is 9.22. The lowest BCUT2D eigenvalue weighted by molar-refractivity contribution is 0.673. The molecule has 1 heteroatoms. The maximum atomic E-state index is 5.03. The number of hydrogen-bond donors (Lipinski definition) is 0. The van der Waals surface area contributed by atoms with E-state index in [0.29, 0.717) is 5.92 Å². The van der Waals surface area contributed by atoms with Crippen molar-refractivity contribution in [1.82, 2.24) is 4.98 Å². The molecule has 0 aliphatic heterocycles. The molecule has 4 rings (SSSR count). The number of fused-ring (bicyclic) bond motifs is 1. The molecule has 0 fully saturated rings. The Labute approximate surface area is 204 Å². The second-order valence-electron chi connectivity index (χ2n) is 9.89. The van der Waals surface area contributed by atoms with Gasteiger partial charge in [-0.2, -0.15) is 0 Å². The molecular formula is C33H35N. The molecule has 0 bridgehead atoms. The molecule has 0 saturated carbocycles. The number of allylic oxidation sites excluding steroid dienone is 2. The van der Waals surface area contributed by atoms with Crippen LogP contribution in [0.2, 0.25) is 0 Å². The highest BCUT2D eigenvalue weighted by Gasteiger charge is 2.11. The topological polar surface area (TPSA) is 12.9 Å². The van der Waals surface area contributed by atoms with Crippen molar-refractivity contribution in [2.24, 2.45) is 5.92 Å². The highest BCUT2D eigenvalue weighted by atomic mass is 14.7. The lowest BCUT2D eigenvalue weighted by atomic mass is 9.92. The SMILES string of the molecule is C=C(CC(C)C)c1ccc2cccc(CCC(=C)c3cc(-c4cccc(C)c4)ccc3C)c2n1. The molecule has 0 N–H and O–H groups in total. The van der Waals surface area contributed by atoms with E-state index in [1.165, 1.54) is 44.3 Å². The average Bonchev–Trinajstić information content (AvgIpc) is 2.82. The van der Waals surface area contributed by atoms with Crippen molar-refractivity contribution in [3.8, 4) is 11.1 Å². The minimum atomic E-state index is 0.572. The van der Waals surface area contributed by atoms with Gasteiger partial charge in [-0.1, -0.05) is 93.2 Å². The van der Waals surface area contributed by atoms with Gasteiger partial charge >= 0.3 is 0 Å². The molecule has 0 unspecified atom stereocenters. The fourth-order valence-corrected chi connectivity index (χ4v) is 4.63. The number of para-hydroxylation sites is 1. The largest absolute Gasteiger partial charge is 0.248 e. The highest BCUT2D eigenvalue weighted by molar-refractivity contribution is 5.84. The molecular weight excluding hydrogens is 410 g/mol. The van der Waals surface area contributed by atoms with E-state index in [1.807, 2.05) is 0 Å². The molecule has 3 aromatic carbocycles. The summed E-state index contributed by atoms with van der Waals surface area (Å²) in [4.78, 5) is 5.03. The summed E-state index contributed by atoms with van der Waals surface area (Å²) in [5, 5.41) is 1.18. The first-order chi connectivity index (χ1) is 16.3. The Morgan fingerprint density at radius 1 is 0.824 bits per heavy atom. The van der Waals surface area contributed by atoms with E-state index in [4.69, 9.17) is 4.98 Å². The first-order valence-corrected chi connectivity index (χ1v) is 12.2. The second kappa shape index (κ2) is 10.2. The summed E-state index contributed by atoms with van der Waals surface area (Å²) >= 11 is 0. The molecule has 0 radical (unpaired) electrons. The monoisotopic (exact) mass is 445 g/mol. The van der Waals surface area contributed by atoms with E-state index < -0.39 is 0 Å². The van der Waals surface area contributed by atoms with Gasteiger partial charge in [-0.15, -0.1) is 0 Å². The molecule has 34 heavy (non-hydrogen) atoms. The van der Waals surface area contributed by atoms with E-state index in [9.17, 15) is 0 Å². The number of rotatable bonds is 8. The summed E-state index contributed by atoms with van der Waals surface area (Å²) in [5.74, 6) is 0.572. The van der Waals surface area contributed by atoms with Gasteiger partial charge in [0.15, 0.2) is 0 Å². The van der Waals surface area contributed by atoms with Crippen LogP contribution in [-0.4, -0.2) is 4.98 Å². The number of pyridine rings is 1. The quantitative estimate of drug-likeness (QED) is 0.263. The normalized spacial score (nSPS) is 11.2. The molecule has 4 aromatic rings. The molecule has 0 aliphatic carbocycles. The second-order valence-corrected chi connectivity index (χ2v) is 9.89. The van der Waals surface area contributed by atoms with Crippen LogP contribution in [0.15, 0.2) is 86.0 Å². The van der Waals surface area contributed by atoms with Crippen LogP contribution in [-0.2, 0) is 6.42 Å². The third kappa shape index (κ3) is 5.37. The maximum Gasteiger partial charge on any atom is 0.0741 e. The van der Waals surface area contributed by atoms with Gasteiger partial charge in [0.25, 0.3) is 0 Å². The highest BCUT2D eigenvalue weighted by Crippen LogP contribution is 2.30. The smallest absolute Gasteiger partial charge is 0.0741 e. The summed E-state index contributed by atoms with van der Waals surface area (Å²) in [6, 6.07) is 26.2. The van der Waals surface area contributed by atoms with Gasteiger partial charge in [0.05, 0.1) is 11.2 Å². The Balaban J connectivity index is 1.58. The molecule has 0 atom stereocenters. The number of aromatic nitrogens is 1. The lowest BCUT2D eigenvalue weighted by Crippen LogP contribution is -1.97. The fraction of sp³-hybridized carbons (Fsp3) is 0.242. The van der Waals surface area contributed by atoms with Crippen LogP contribution in [0.3, 0.4) is 0 Å². The van der Waals surface area contributed by atoms with Gasteiger partial charge in [-0.05, 0) is 90.1 Å². The van der Waals surface area contributed by atoms with Crippen LogP contribution in [0.5, 0.6) is 0 Å². The van der Waals surface area contributed by atoms with Crippen LogP contribution in [0.4, 0.5) is 0 Å². The Morgan fingerprint density at radius 2 is 1.59 bits per heavy atom. The third-order valence-electron chi connectivity index (χ3n) is 6.49. The number of benzene rings is 3. The lowest BCUT2D eigenvalue weighted by Gasteiger charge is -2.14. The fourth-order valence-electron chi connectivity index (χ4n) is 4.63. The van der Waals surface area contributed by atoms with E-state index in [0.717, 1.165) is 36.0 Å². The Kier molecular flexibility index (Phi) is 7.12. The number of hydrogen-bond acceptors (Lipinski definition) is 1. The van der Waals surface area contributed by atoms with E-state index in [2.05, 4.69) is 114 Å². The van der Waals surface area contributed by atoms with Crippen LogP contribution in [0.25, 0.3) is 33.2 Å². The summed E-state index contributed by atoms with van der Waals surface area (Å²) in [6.45, 7) is 17.5.